The average molecular weight is 291 g/mol. The minimum absolute atomic E-state index is 0.260. The van der Waals surface area contributed by atoms with Crippen LogP contribution in [0.1, 0.15) is 0 Å². The van der Waals surface area contributed by atoms with Crippen LogP contribution in [0.3, 0.4) is 0 Å². The third kappa shape index (κ3) is 1.98. The Morgan fingerprint density at radius 2 is 1.88 bits per heavy atom. The molecule has 84 valence electrons. The molecule has 17 heavy (non-hydrogen) atoms. The van der Waals surface area contributed by atoms with Gasteiger partial charge in [-0.15, -0.1) is 0 Å². The van der Waals surface area contributed by atoms with Gasteiger partial charge in [0.15, 0.2) is 0 Å². The molecule has 0 aliphatic carbocycles. The lowest BCUT2D eigenvalue weighted by atomic mass is 10.1. The predicted octanol–water partition coefficient (Wildman–Crippen LogP) is 5.00. The first-order chi connectivity index (χ1) is 8.22. The van der Waals surface area contributed by atoms with Gasteiger partial charge in [-0.2, -0.15) is 0 Å². The van der Waals surface area contributed by atoms with E-state index in [9.17, 15) is 4.39 Å². The molecule has 0 N–H and O–H groups in total. The van der Waals surface area contributed by atoms with Crippen LogP contribution >= 0.6 is 15.9 Å². The van der Waals surface area contributed by atoms with E-state index in [1.807, 2.05) is 30.3 Å². The van der Waals surface area contributed by atoms with Crippen molar-refractivity contribution >= 4 is 26.9 Å². The van der Waals surface area contributed by atoms with E-state index in [2.05, 4.69) is 15.9 Å². The highest BCUT2D eigenvalue weighted by Crippen LogP contribution is 2.29. The first-order valence-electron chi connectivity index (χ1n) is 5.17. The summed E-state index contributed by atoms with van der Waals surface area (Å²) in [7, 11) is 0. The van der Waals surface area contributed by atoms with Crippen molar-refractivity contribution in [2.45, 2.75) is 0 Å². The molecule has 0 amide bonds. The van der Waals surface area contributed by atoms with Gasteiger partial charge in [-0.05, 0) is 36.4 Å². The Morgan fingerprint density at radius 1 is 1.00 bits per heavy atom. The molecule has 1 aromatic heterocycles. The first-order valence-corrected chi connectivity index (χ1v) is 5.97. The Labute approximate surface area is 106 Å². The van der Waals surface area contributed by atoms with Crippen molar-refractivity contribution in [2.24, 2.45) is 0 Å². The van der Waals surface area contributed by atoms with Crippen LogP contribution < -0.4 is 0 Å². The molecule has 0 saturated carbocycles. The zero-order chi connectivity index (χ0) is 11.8. The van der Waals surface area contributed by atoms with Crippen molar-refractivity contribution in [3.63, 3.8) is 0 Å². The van der Waals surface area contributed by atoms with Crippen molar-refractivity contribution in [2.75, 3.05) is 0 Å². The molecule has 0 atom stereocenters. The molecule has 0 spiro atoms. The van der Waals surface area contributed by atoms with E-state index in [1.165, 1.54) is 12.1 Å². The zero-order valence-electron chi connectivity index (χ0n) is 8.78. The van der Waals surface area contributed by atoms with Crippen LogP contribution in [0.2, 0.25) is 0 Å². The van der Waals surface area contributed by atoms with Gasteiger partial charge in [-0.25, -0.2) is 4.39 Å². The van der Waals surface area contributed by atoms with E-state index < -0.39 is 0 Å². The van der Waals surface area contributed by atoms with Gasteiger partial charge in [0.2, 0.25) is 0 Å². The topological polar surface area (TPSA) is 13.1 Å². The molecule has 0 bridgehead atoms. The van der Waals surface area contributed by atoms with Crippen molar-refractivity contribution in [3.8, 4) is 11.3 Å². The fourth-order valence-corrected chi connectivity index (χ4v) is 2.18. The maximum Gasteiger partial charge on any atom is 0.135 e. The maximum atomic E-state index is 13.1. The van der Waals surface area contributed by atoms with E-state index in [-0.39, 0.29) is 5.82 Å². The minimum atomic E-state index is -0.260. The first kappa shape index (κ1) is 10.5. The molecule has 0 unspecified atom stereocenters. The van der Waals surface area contributed by atoms with Gasteiger partial charge in [0.05, 0.1) is 0 Å². The molecule has 0 fully saturated rings. The Kier molecular flexibility index (Phi) is 2.48. The third-order valence-corrected chi connectivity index (χ3v) is 3.08. The summed E-state index contributed by atoms with van der Waals surface area (Å²) in [6, 6.07) is 14.1. The molecule has 1 heterocycles. The molecular weight excluding hydrogens is 283 g/mol. The van der Waals surface area contributed by atoms with Crippen molar-refractivity contribution < 1.29 is 8.81 Å². The van der Waals surface area contributed by atoms with Gasteiger partial charge in [0.1, 0.15) is 17.2 Å². The predicted molar refractivity (Wildman–Crippen MR) is 69.3 cm³/mol. The van der Waals surface area contributed by atoms with E-state index in [1.54, 1.807) is 6.07 Å². The van der Waals surface area contributed by atoms with Crippen LogP contribution in [0.25, 0.3) is 22.3 Å². The van der Waals surface area contributed by atoms with Crippen molar-refractivity contribution in [1.29, 1.82) is 0 Å². The van der Waals surface area contributed by atoms with Crippen LogP contribution in [0.15, 0.2) is 57.4 Å². The van der Waals surface area contributed by atoms with Crippen LogP contribution in [-0.2, 0) is 0 Å². The summed E-state index contributed by atoms with van der Waals surface area (Å²) in [5.41, 5.74) is 1.55. The molecule has 3 heteroatoms. The summed E-state index contributed by atoms with van der Waals surface area (Å²) in [4.78, 5) is 0. The number of fused-ring (bicyclic) bond motifs is 1. The van der Waals surface area contributed by atoms with E-state index >= 15 is 0 Å². The molecule has 0 radical (unpaired) electrons. The van der Waals surface area contributed by atoms with Gasteiger partial charge in [-0.1, -0.05) is 28.1 Å². The highest BCUT2D eigenvalue weighted by atomic mass is 79.9. The van der Waals surface area contributed by atoms with Crippen LogP contribution in [0, 0.1) is 5.82 Å². The van der Waals surface area contributed by atoms with Gasteiger partial charge in [-0.3, -0.25) is 0 Å². The molecule has 0 aliphatic rings. The molecule has 0 saturated heterocycles. The fourth-order valence-electron chi connectivity index (χ4n) is 1.80. The van der Waals surface area contributed by atoms with Gasteiger partial charge in [0, 0.05) is 15.4 Å². The normalized spacial score (nSPS) is 10.9. The van der Waals surface area contributed by atoms with Crippen LogP contribution in [-0.4, -0.2) is 0 Å². The Morgan fingerprint density at radius 3 is 2.71 bits per heavy atom. The molecule has 0 aliphatic heterocycles. The highest BCUT2D eigenvalue weighted by molar-refractivity contribution is 9.10. The summed E-state index contributed by atoms with van der Waals surface area (Å²) >= 11 is 3.41. The number of halogens is 2. The van der Waals surface area contributed by atoms with Crippen LogP contribution in [0.5, 0.6) is 0 Å². The number of hydrogen-bond acceptors (Lipinski definition) is 1. The Bertz CT molecular complexity index is 688. The average Bonchev–Trinajstić information content (AvgIpc) is 2.72. The standard InChI is InChI=1S/C14H8BrFO/c15-11-4-5-13-10(6-11)8-14(17-13)9-2-1-3-12(16)7-9/h1-8H. The highest BCUT2D eigenvalue weighted by Gasteiger charge is 2.06. The van der Waals surface area contributed by atoms with Crippen LogP contribution in [0.4, 0.5) is 4.39 Å². The largest absolute Gasteiger partial charge is 0.456 e. The quantitative estimate of drug-likeness (QED) is 0.615. The number of hydrogen-bond donors (Lipinski definition) is 0. The summed E-state index contributed by atoms with van der Waals surface area (Å²) < 4.78 is 19.8. The number of rotatable bonds is 1. The molecular formula is C14H8BrFO. The van der Waals surface area contributed by atoms with E-state index in [0.717, 1.165) is 21.0 Å². The second-order valence-electron chi connectivity index (χ2n) is 3.80. The van der Waals surface area contributed by atoms with E-state index in [0.29, 0.717) is 5.76 Å². The van der Waals surface area contributed by atoms with E-state index in [4.69, 9.17) is 4.42 Å². The minimum Gasteiger partial charge on any atom is -0.456 e. The summed E-state index contributed by atoms with van der Waals surface area (Å²) in [5.74, 6) is 0.418. The van der Waals surface area contributed by atoms with Crippen molar-refractivity contribution in [3.05, 3.63) is 58.8 Å². The Hall–Kier alpha value is -1.61. The second kappa shape index (κ2) is 4.00. The van der Waals surface area contributed by atoms with Gasteiger partial charge < -0.3 is 4.42 Å². The molecule has 3 rings (SSSR count). The fraction of sp³-hybridized carbons (Fsp3) is 0. The smallest absolute Gasteiger partial charge is 0.135 e. The third-order valence-electron chi connectivity index (χ3n) is 2.59. The second-order valence-corrected chi connectivity index (χ2v) is 4.72. The lowest BCUT2D eigenvalue weighted by Crippen LogP contribution is -1.75. The SMILES string of the molecule is Fc1cccc(-c2cc3cc(Br)ccc3o2)c1. The lowest BCUT2D eigenvalue weighted by Gasteiger charge is -1.95. The zero-order valence-corrected chi connectivity index (χ0v) is 10.4. The summed E-state index contributed by atoms with van der Waals surface area (Å²) in [5, 5.41) is 0.999. The molecule has 2 aromatic carbocycles. The number of furan rings is 1. The summed E-state index contributed by atoms with van der Waals surface area (Å²) in [6.07, 6.45) is 0. The lowest BCUT2D eigenvalue weighted by molar-refractivity contribution is 0.618. The molecule has 3 aromatic rings. The monoisotopic (exact) mass is 290 g/mol. The number of benzene rings is 2. The summed E-state index contributed by atoms with van der Waals surface area (Å²) in [6.45, 7) is 0. The molecule has 1 nitrogen and oxygen atoms in total. The van der Waals surface area contributed by atoms with Gasteiger partial charge >= 0.3 is 0 Å². The van der Waals surface area contributed by atoms with Crippen molar-refractivity contribution in [1.82, 2.24) is 0 Å². The van der Waals surface area contributed by atoms with Gasteiger partial charge in [0.25, 0.3) is 0 Å². The maximum absolute atomic E-state index is 13.1. The Balaban J connectivity index is 2.18.